The molecule has 0 N–H and O–H groups in total. The molecule has 0 saturated heterocycles. The number of carbonyl (C=O) groups excluding carboxylic acids is 1. The van der Waals surface area contributed by atoms with Gasteiger partial charge < -0.3 is 0 Å². The topological polar surface area (TPSA) is 103 Å². The number of non-ortho nitro benzene ring substituents is 2. The van der Waals surface area contributed by atoms with Crippen LogP contribution in [0.25, 0.3) is 10.8 Å². The van der Waals surface area contributed by atoms with Crippen LogP contribution in [0.5, 0.6) is 0 Å². The van der Waals surface area contributed by atoms with Crippen molar-refractivity contribution >= 4 is 28.4 Å². The van der Waals surface area contributed by atoms with E-state index >= 15 is 0 Å². The van der Waals surface area contributed by atoms with Crippen LogP contribution in [0.15, 0.2) is 30.3 Å². The van der Waals surface area contributed by atoms with Gasteiger partial charge >= 0.3 is 0 Å². The Morgan fingerprint density at radius 2 is 1.61 bits per heavy atom. The van der Waals surface area contributed by atoms with Crippen molar-refractivity contribution in [1.29, 1.82) is 0 Å². The summed E-state index contributed by atoms with van der Waals surface area (Å²) in [7, 11) is 0. The summed E-state index contributed by atoms with van der Waals surface area (Å²) >= 11 is 0. The lowest BCUT2D eigenvalue weighted by Crippen LogP contribution is -1.95. The summed E-state index contributed by atoms with van der Waals surface area (Å²) in [5, 5.41) is 21.9. The zero-order valence-corrected chi connectivity index (χ0v) is 8.90. The third-order valence-electron chi connectivity index (χ3n) is 2.50. The smallest absolute Gasteiger partial charge is 0.278 e. The van der Waals surface area contributed by atoms with E-state index in [1.54, 1.807) is 0 Å². The standard InChI is InChI=1S/C11H6N2O5/c14-6-7-4-9-8(11(5-7)13(17)18)2-1-3-10(9)12(15)16/h1-6H. The second-order valence-electron chi connectivity index (χ2n) is 3.54. The number of hydrogen-bond acceptors (Lipinski definition) is 5. The predicted octanol–water partition coefficient (Wildman–Crippen LogP) is 2.47. The summed E-state index contributed by atoms with van der Waals surface area (Å²) in [4.78, 5) is 31.1. The lowest BCUT2D eigenvalue weighted by molar-refractivity contribution is -0.384. The van der Waals surface area contributed by atoms with Gasteiger partial charge in [0, 0.05) is 17.7 Å². The van der Waals surface area contributed by atoms with Crippen LogP contribution in [0.1, 0.15) is 10.4 Å². The van der Waals surface area contributed by atoms with Gasteiger partial charge in [-0.25, -0.2) is 0 Å². The molecule has 0 aliphatic rings. The molecule has 2 rings (SSSR count). The van der Waals surface area contributed by atoms with Crippen LogP contribution < -0.4 is 0 Å². The van der Waals surface area contributed by atoms with Crippen molar-refractivity contribution in [2.24, 2.45) is 0 Å². The molecule has 0 saturated carbocycles. The number of nitro benzene ring substituents is 2. The average molecular weight is 246 g/mol. The van der Waals surface area contributed by atoms with Gasteiger partial charge in [-0.1, -0.05) is 6.07 Å². The largest absolute Gasteiger partial charge is 0.298 e. The van der Waals surface area contributed by atoms with Gasteiger partial charge in [-0.05, 0) is 12.1 Å². The van der Waals surface area contributed by atoms with E-state index in [9.17, 15) is 25.0 Å². The number of hydrogen-bond donors (Lipinski definition) is 0. The number of carbonyl (C=O) groups is 1. The molecule has 2 aromatic carbocycles. The summed E-state index contributed by atoms with van der Waals surface area (Å²) in [5.74, 6) is 0. The zero-order chi connectivity index (χ0) is 13.3. The van der Waals surface area contributed by atoms with Crippen molar-refractivity contribution in [3.8, 4) is 0 Å². The summed E-state index contributed by atoms with van der Waals surface area (Å²) in [6.45, 7) is 0. The highest BCUT2D eigenvalue weighted by Gasteiger charge is 2.19. The molecular weight excluding hydrogens is 240 g/mol. The van der Waals surface area contributed by atoms with E-state index < -0.39 is 9.85 Å². The first-order valence-corrected chi connectivity index (χ1v) is 4.85. The Morgan fingerprint density at radius 1 is 0.944 bits per heavy atom. The van der Waals surface area contributed by atoms with Crippen molar-refractivity contribution in [2.75, 3.05) is 0 Å². The Hall–Kier alpha value is -2.83. The van der Waals surface area contributed by atoms with E-state index in [-0.39, 0.29) is 27.7 Å². The van der Waals surface area contributed by atoms with Crippen molar-refractivity contribution in [1.82, 2.24) is 0 Å². The van der Waals surface area contributed by atoms with Crippen molar-refractivity contribution in [2.45, 2.75) is 0 Å². The number of nitro groups is 2. The normalized spacial score (nSPS) is 10.2. The zero-order valence-electron chi connectivity index (χ0n) is 8.90. The molecule has 0 amide bonds. The first kappa shape index (κ1) is 11.6. The molecule has 18 heavy (non-hydrogen) atoms. The second-order valence-corrected chi connectivity index (χ2v) is 3.54. The third-order valence-corrected chi connectivity index (χ3v) is 2.50. The van der Waals surface area contributed by atoms with Gasteiger partial charge in [0.2, 0.25) is 0 Å². The maximum absolute atomic E-state index is 10.9. The van der Waals surface area contributed by atoms with Gasteiger partial charge in [-0.15, -0.1) is 0 Å². The van der Waals surface area contributed by atoms with Gasteiger partial charge in [0.25, 0.3) is 11.4 Å². The van der Waals surface area contributed by atoms with Gasteiger partial charge in [-0.3, -0.25) is 25.0 Å². The lowest BCUT2D eigenvalue weighted by Gasteiger charge is -2.02. The van der Waals surface area contributed by atoms with Crippen LogP contribution in [-0.4, -0.2) is 16.1 Å². The Kier molecular flexibility index (Phi) is 2.72. The minimum absolute atomic E-state index is 0.0310. The quantitative estimate of drug-likeness (QED) is 0.470. The van der Waals surface area contributed by atoms with Gasteiger partial charge in [0.1, 0.15) is 6.29 Å². The fourth-order valence-electron chi connectivity index (χ4n) is 1.75. The molecule has 7 heteroatoms. The Labute approximate surface area is 99.9 Å². The van der Waals surface area contributed by atoms with Crippen molar-refractivity contribution in [3.63, 3.8) is 0 Å². The summed E-state index contributed by atoms with van der Waals surface area (Å²) in [6.07, 6.45) is 0.420. The first-order valence-electron chi connectivity index (χ1n) is 4.85. The molecular formula is C11H6N2O5. The average Bonchev–Trinajstić information content (AvgIpc) is 2.36. The molecule has 0 bridgehead atoms. The van der Waals surface area contributed by atoms with Crippen LogP contribution in [-0.2, 0) is 0 Å². The highest BCUT2D eigenvalue weighted by Crippen LogP contribution is 2.32. The maximum atomic E-state index is 10.9. The number of rotatable bonds is 3. The second kappa shape index (κ2) is 4.21. The summed E-state index contributed by atoms with van der Waals surface area (Å²) in [5.41, 5.74) is -0.555. The van der Waals surface area contributed by atoms with E-state index in [0.717, 1.165) is 6.07 Å². The molecule has 0 aliphatic carbocycles. The molecule has 7 nitrogen and oxygen atoms in total. The molecule has 90 valence electrons. The molecule has 0 aromatic heterocycles. The third kappa shape index (κ3) is 1.77. The van der Waals surface area contributed by atoms with Crippen LogP contribution in [0.4, 0.5) is 11.4 Å². The maximum Gasteiger partial charge on any atom is 0.278 e. The highest BCUT2D eigenvalue weighted by molar-refractivity contribution is 6.00. The Balaban J connectivity index is 2.94. The molecule has 0 aliphatic heterocycles. The van der Waals surface area contributed by atoms with Crippen LogP contribution in [0, 0.1) is 20.2 Å². The van der Waals surface area contributed by atoms with E-state index in [4.69, 9.17) is 0 Å². The van der Waals surface area contributed by atoms with Crippen molar-refractivity contribution in [3.05, 3.63) is 56.1 Å². The van der Waals surface area contributed by atoms with Crippen molar-refractivity contribution < 1.29 is 14.6 Å². The Bertz CT molecular complexity index is 680. The fraction of sp³-hybridized carbons (Fsp3) is 0. The SMILES string of the molecule is O=Cc1cc([N+](=O)[O-])c2cccc([N+](=O)[O-])c2c1. The van der Waals surface area contributed by atoms with E-state index in [0.29, 0.717) is 6.29 Å². The van der Waals surface area contributed by atoms with Crippen LogP contribution in [0.2, 0.25) is 0 Å². The highest BCUT2D eigenvalue weighted by atomic mass is 16.6. The summed E-state index contributed by atoms with van der Waals surface area (Å²) in [6, 6.07) is 6.39. The Morgan fingerprint density at radius 3 is 2.17 bits per heavy atom. The predicted molar refractivity (Wildman–Crippen MR) is 62.6 cm³/mol. The van der Waals surface area contributed by atoms with Gasteiger partial charge in [0.15, 0.2) is 0 Å². The summed E-state index contributed by atoms with van der Waals surface area (Å²) < 4.78 is 0. The number of nitrogens with zero attached hydrogens (tertiary/aromatic N) is 2. The molecule has 0 atom stereocenters. The molecule has 0 spiro atoms. The lowest BCUT2D eigenvalue weighted by atomic mass is 10.0. The number of aldehydes is 1. The first-order chi connectivity index (χ1) is 8.54. The van der Waals surface area contributed by atoms with Gasteiger partial charge in [-0.2, -0.15) is 0 Å². The monoisotopic (exact) mass is 246 g/mol. The van der Waals surface area contributed by atoms with E-state index in [1.165, 1.54) is 24.3 Å². The molecule has 0 heterocycles. The van der Waals surface area contributed by atoms with Crippen LogP contribution in [0.3, 0.4) is 0 Å². The van der Waals surface area contributed by atoms with E-state index in [2.05, 4.69) is 0 Å². The molecule has 2 aromatic rings. The molecule has 0 unspecified atom stereocenters. The minimum atomic E-state index is -0.668. The number of fused-ring (bicyclic) bond motifs is 1. The van der Waals surface area contributed by atoms with Crippen LogP contribution >= 0.6 is 0 Å². The molecule has 0 fully saturated rings. The molecule has 0 radical (unpaired) electrons. The van der Waals surface area contributed by atoms with Gasteiger partial charge in [0.05, 0.1) is 20.6 Å². The fourth-order valence-corrected chi connectivity index (χ4v) is 1.75. The van der Waals surface area contributed by atoms with E-state index in [1.807, 2.05) is 0 Å². The minimum Gasteiger partial charge on any atom is -0.298 e. The number of benzene rings is 2.